The lowest BCUT2D eigenvalue weighted by Crippen LogP contribution is -2.17. The molecule has 4 heteroatoms. The predicted molar refractivity (Wildman–Crippen MR) is 69.8 cm³/mol. The molecule has 0 spiro atoms. The van der Waals surface area contributed by atoms with E-state index >= 15 is 0 Å². The standard InChI is InChI=1S/C5H9NO.C5H7NS.C2H6/c1-6-4-2-3-5(6)7;1-4-3-5(2)7-6-4;1-2/h2-4H2,1H3;3H,1-2H3;1-2H3. The SMILES string of the molecule is CC.CN1CCCC1=O.Cc1cc(C)sn1. The first kappa shape index (κ1) is 15.1. The number of hydrogen-bond donors (Lipinski definition) is 0. The van der Waals surface area contributed by atoms with Gasteiger partial charge in [-0.1, -0.05) is 13.8 Å². The second-order valence-corrected chi connectivity index (χ2v) is 4.51. The molecule has 0 bridgehead atoms. The monoisotopic (exact) mass is 242 g/mol. The number of likely N-dealkylation sites (tertiary alicyclic amines) is 1. The normalized spacial score (nSPS) is 13.8. The van der Waals surface area contributed by atoms with Crippen LogP contribution in [0.3, 0.4) is 0 Å². The Labute approximate surface area is 103 Å². The molecule has 0 saturated carbocycles. The van der Waals surface area contributed by atoms with Crippen molar-refractivity contribution in [3.8, 4) is 0 Å². The van der Waals surface area contributed by atoms with E-state index in [0.29, 0.717) is 5.91 Å². The van der Waals surface area contributed by atoms with Crippen LogP contribution in [0.1, 0.15) is 37.3 Å². The molecule has 0 radical (unpaired) electrons. The number of amides is 1. The highest BCUT2D eigenvalue weighted by atomic mass is 32.1. The van der Waals surface area contributed by atoms with Crippen molar-refractivity contribution in [2.45, 2.75) is 40.5 Å². The first-order valence-corrected chi connectivity index (χ1v) is 6.51. The van der Waals surface area contributed by atoms with Crippen molar-refractivity contribution in [1.82, 2.24) is 9.27 Å². The minimum Gasteiger partial charge on any atom is -0.346 e. The van der Waals surface area contributed by atoms with E-state index in [1.165, 1.54) is 4.88 Å². The van der Waals surface area contributed by atoms with E-state index in [1.54, 1.807) is 16.4 Å². The maximum Gasteiger partial charge on any atom is 0.222 e. The van der Waals surface area contributed by atoms with Gasteiger partial charge >= 0.3 is 0 Å². The Balaban J connectivity index is 0.000000244. The van der Waals surface area contributed by atoms with Gasteiger partial charge in [-0.15, -0.1) is 0 Å². The molecule has 3 nitrogen and oxygen atoms in total. The van der Waals surface area contributed by atoms with Crippen molar-refractivity contribution in [1.29, 1.82) is 0 Å². The van der Waals surface area contributed by atoms with E-state index in [4.69, 9.17) is 0 Å². The van der Waals surface area contributed by atoms with Crippen LogP contribution >= 0.6 is 11.5 Å². The van der Waals surface area contributed by atoms with Gasteiger partial charge in [0, 0.05) is 24.9 Å². The van der Waals surface area contributed by atoms with Gasteiger partial charge in [0.2, 0.25) is 5.91 Å². The fourth-order valence-electron chi connectivity index (χ4n) is 1.27. The van der Waals surface area contributed by atoms with E-state index < -0.39 is 0 Å². The zero-order valence-electron chi connectivity index (χ0n) is 10.9. The van der Waals surface area contributed by atoms with Gasteiger partial charge in [0.1, 0.15) is 0 Å². The number of carbonyl (C=O) groups is 1. The van der Waals surface area contributed by atoms with E-state index in [-0.39, 0.29) is 0 Å². The van der Waals surface area contributed by atoms with Gasteiger partial charge < -0.3 is 4.90 Å². The molecule has 2 heterocycles. The summed E-state index contributed by atoms with van der Waals surface area (Å²) in [6, 6.07) is 2.07. The molecule has 0 unspecified atom stereocenters. The molecule has 2 rings (SSSR count). The van der Waals surface area contributed by atoms with Crippen molar-refractivity contribution in [3.05, 3.63) is 16.6 Å². The molecule has 1 aromatic heterocycles. The molecule has 1 saturated heterocycles. The lowest BCUT2D eigenvalue weighted by Gasteiger charge is -2.03. The van der Waals surface area contributed by atoms with Crippen LogP contribution in [0.15, 0.2) is 6.07 Å². The molecule has 1 aliphatic heterocycles. The second-order valence-electron chi connectivity index (χ2n) is 3.50. The van der Waals surface area contributed by atoms with Crippen LogP contribution in [0.5, 0.6) is 0 Å². The number of carbonyl (C=O) groups excluding carboxylic acids is 1. The third-order valence-electron chi connectivity index (χ3n) is 2.06. The third-order valence-corrected chi connectivity index (χ3v) is 2.84. The van der Waals surface area contributed by atoms with Crippen LogP contribution in [-0.4, -0.2) is 28.8 Å². The fourth-order valence-corrected chi connectivity index (χ4v) is 1.84. The molecular formula is C12H22N2OS. The predicted octanol–water partition coefficient (Wildman–Crippen LogP) is 3.02. The molecule has 1 aliphatic rings. The average Bonchev–Trinajstić information content (AvgIpc) is 2.81. The molecular weight excluding hydrogens is 220 g/mol. The minimum atomic E-state index is 0.292. The summed E-state index contributed by atoms with van der Waals surface area (Å²) in [6.45, 7) is 9.02. The van der Waals surface area contributed by atoms with E-state index in [2.05, 4.69) is 17.4 Å². The number of rotatable bonds is 0. The number of aryl methyl sites for hydroxylation is 2. The highest BCUT2D eigenvalue weighted by Gasteiger charge is 2.14. The number of aromatic nitrogens is 1. The Morgan fingerprint density at radius 2 is 2.00 bits per heavy atom. The summed E-state index contributed by atoms with van der Waals surface area (Å²) in [6.07, 6.45) is 1.81. The van der Waals surface area contributed by atoms with Crippen molar-refractivity contribution in [2.24, 2.45) is 0 Å². The molecule has 0 aliphatic carbocycles. The number of nitrogens with zero attached hydrogens (tertiary/aromatic N) is 2. The summed E-state index contributed by atoms with van der Waals surface area (Å²) in [7, 11) is 1.84. The summed E-state index contributed by atoms with van der Waals surface area (Å²) in [5.41, 5.74) is 1.13. The molecule has 1 amide bonds. The Hall–Kier alpha value is -0.900. The molecule has 0 atom stereocenters. The zero-order valence-corrected chi connectivity index (χ0v) is 11.7. The van der Waals surface area contributed by atoms with Gasteiger partial charge in [-0.05, 0) is 37.9 Å². The third kappa shape index (κ3) is 5.85. The van der Waals surface area contributed by atoms with Crippen LogP contribution in [0.4, 0.5) is 0 Å². The Bertz CT molecular complexity index is 293. The highest BCUT2D eigenvalue weighted by molar-refractivity contribution is 7.05. The summed E-state index contributed by atoms with van der Waals surface area (Å²) in [5.74, 6) is 0.292. The summed E-state index contributed by atoms with van der Waals surface area (Å²) >= 11 is 1.55. The lowest BCUT2D eigenvalue weighted by molar-refractivity contribution is -0.126. The summed E-state index contributed by atoms with van der Waals surface area (Å²) in [4.78, 5) is 13.6. The Kier molecular flexibility index (Phi) is 7.81. The minimum absolute atomic E-state index is 0.292. The van der Waals surface area contributed by atoms with E-state index in [9.17, 15) is 4.79 Å². The van der Waals surface area contributed by atoms with Gasteiger partial charge in [-0.2, -0.15) is 4.37 Å². The van der Waals surface area contributed by atoms with Crippen LogP contribution in [0.25, 0.3) is 0 Å². The van der Waals surface area contributed by atoms with E-state index in [0.717, 1.165) is 25.1 Å². The van der Waals surface area contributed by atoms with Crippen LogP contribution in [-0.2, 0) is 4.79 Å². The van der Waals surface area contributed by atoms with E-state index in [1.807, 2.05) is 27.8 Å². The van der Waals surface area contributed by atoms with Crippen LogP contribution in [0.2, 0.25) is 0 Å². The maximum atomic E-state index is 10.5. The quantitative estimate of drug-likeness (QED) is 0.700. The van der Waals surface area contributed by atoms with Crippen molar-refractivity contribution in [2.75, 3.05) is 13.6 Å². The summed E-state index contributed by atoms with van der Waals surface area (Å²) in [5, 5.41) is 0. The van der Waals surface area contributed by atoms with Gasteiger partial charge in [-0.3, -0.25) is 4.79 Å². The topological polar surface area (TPSA) is 33.2 Å². The van der Waals surface area contributed by atoms with Gasteiger partial charge in [0.15, 0.2) is 0 Å². The second kappa shape index (κ2) is 8.28. The maximum absolute atomic E-state index is 10.5. The molecule has 92 valence electrons. The molecule has 0 N–H and O–H groups in total. The Morgan fingerprint density at radius 3 is 2.12 bits per heavy atom. The first-order chi connectivity index (χ1) is 7.59. The summed E-state index contributed by atoms with van der Waals surface area (Å²) < 4.78 is 4.06. The van der Waals surface area contributed by atoms with Crippen molar-refractivity contribution < 1.29 is 4.79 Å². The number of hydrogen-bond acceptors (Lipinski definition) is 3. The van der Waals surface area contributed by atoms with Crippen LogP contribution in [0, 0.1) is 13.8 Å². The van der Waals surface area contributed by atoms with Crippen molar-refractivity contribution in [3.63, 3.8) is 0 Å². The van der Waals surface area contributed by atoms with Gasteiger partial charge in [0.25, 0.3) is 0 Å². The zero-order chi connectivity index (χ0) is 12.6. The lowest BCUT2D eigenvalue weighted by atomic mass is 10.4. The highest BCUT2D eigenvalue weighted by Crippen LogP contribution is 2.05. The molecule has 1 aromatic rings. The smallest absolute Gasteiger partial charge is 0.222 e. The van der Waals surface area contributed by atoms with Gasteiger partial charge in [0.05, 0.1) is 5.69 Å². The van der Waals surface area contributed by atoms with Crippen molar-refractivity contribution >= 4 is 17.4 Å². The average molecular weight is 242 g/mol. The first-order valence-electron chi connectivity index (χ1n) is 5.73. The largest absolute Gasteiger partial charge is 0.346 e. The molecule has 1 fully saturated rings. The molecule has 16 heavy (non-hydrogen) atoms. The van der Waals surface area contributed by atoms with Gasteiger partial charge in [-0.25, -0.2) is 0 Å². The fraction of sp³-hybridized carbons (Fsp3) is 0.667. The Morgan fingerprint density at radius 1 is 1.38 bits per heavy atom. The van der Waals surface area contributed by atoms with Crippen LogP contribution < -0.4 is 0 Å². The molecule has 0 aromatic carbocycles.